The van der Waals surface area contributed by atoms with E-state index in [1.165, 1.54) is 4.31 Å². The molecular formula is C26H26N2O4S. The number of sulfonamides is 1. The quantitative estimate of drug-likeness (QED) is 0.550. The zero-order valence-electron chi connectivity index (χ0n) is 18.3. The molecule has 1 fully saturated rings. The second-order valence-electron chi connectivity index (χ2n) is 8.48. The summed E-state index contributed by atoms with van der Waals surface area (Å²) >= 11 is 0. The number of anilines is 1. The number of fused-ring (bicyclic) bond motifs is 1. The maximum Gasteiger partial charge on any atom is 0.243 e. The van der Waals surface area contributed by atoms with Crippen LogP contribution in [0.5, 0.6) is 5.75 Å². The fourth-order valence-electron chi connectivity index (χ4n) is 4.11. The summed E-state index contributed by atoms with van der Waals surface area (Å²) < 4.78 is 33.7. The summed E-state index contributed by atoms with van der Waals surface area (Å²) in [6, 6.07) is 24.0. The van der Waals surface area contributed by atoms with Gasteiger partial charge in [-0.25, -0.2) is 8.42 Å². The molecule has 6 nitrogen and oxygen atoms in total. The lowest BCUT2D eigenvalue weighted by Crippen LogP contribution is -2.32. The number of rotatable bonds is 6. The summed E-state index contributed by atoms with van der Waals surface area (Å²) in [6.07, 6.45) is 1.87. The molecular weight excluding hydrogens is 436 g/mol. The van der Waals surface area contributed by atoms with Gasteiger partial charge in [-0.2, -0.15) is 4.31 Å². The molecule has 0 unspecified atom stereocenters. The number of carbonyl (C=O) groups is 1. The average Bonchev–Trinajstić information content (AvgIpc) is 3.70. The van der Waals surface area contributed by atoms with E-state index in [1.54, 1.807) is 30.3 Å². The molecule has 0 spiro atoms. The predicted octanol–water partition coefficient (Wildman–Crippen LogP) is 4.21. The highest BCUT2D eigenvalue weighted by atomic mass is 32.2. The van der Waals surface area contributed by atoms with Crippen molar-refractivity contribution >= 4 is 21.6 Å². The predicted molar refractivity (Wildman–Crippen MR) is 126 cm³/mol. The molecule has 0 saturated heterocycles. The van der Waals surface area contributed by atoms with Crippen molar-refractivity contribution < 1.29 is 17.9 Å². The second-order valence-corrected chi connectivity index (χ2v) is 10.4. The number of ether oxygens (including phenoxy) is 1. The Hall–Kier alpha value is -3.16. The van der Waals surface area contributed by atoms with Crippen LogP contribution >= 0.6 is 0 Å². The Morgan fingerprint density at radius 2 is 1.67 bits per heavy atom. The van der Waals surface area contributed by atoms with Crippen molar-refractivity contribution in [1.29, 1.82) is 0 Å². The van der Waals surface area contributed by atoms with E-state index in [2.05, 4.69) is 0 Å². The first-order chi connectivity index (χ1) is 16.0. The van der Waals surface area contributed by atoms with Crippen LogP contribution in [0, 0.1) is 5.92 Å². The van der Waals surface area contributed by atoms with E-state index in [9.17, 15) is 13.2 Å². The smallest absolute Gasteiger partial charge is 0.243 e. The molecule has 1 amide bonds. The standard InChI is InChI=1S/C26H26N2O4S/c29-26(21-12-13-21)28(23-7-3-1-4-8-23)18-20-11-14-25-22(17-20)19-27(15-16-32-25)33(30,31)24-9-5-2-6-10-24/h1-11,14,17,21H,12-13,15-16,18-19H2. The van der Waals surface area contributed by atoms with Crippen LogP contribution < -0.4 is 9.64 Å². The molecule has 7 heteroatoms. The topological polar surface area (TPSA) is 66.9 Å². The van der Waals surface area contributed by atoms with Crippen LogP contribution in [0.25, 0.3) is 0 Å². The highest BCUT2D eigenvalue weighted by Crippen LogP contribution is 2.34. The van der Waals surface area contributed by atoms with Crippen LogP contribution in [-0.4, -0.2) is 31.8 Å². The van der Waals surface area contributed by atoms with Crippen LogP contribution in [-0.2, 0) is 27.9 Å². The Morgan fingerprint density at radius 1 is 0.970 bits per heavy atom. The fraction of sp³-hybridized carbons (Fsp3) is 0.269. The van der Waals surface area contributed by atoms with E-state index in [0.29, 0.717) is 12.3 Å². The van der Waals surface area contributed by atoms with Gasteiger partial charge in [0.25, 0.3) is 0 Å². The third-order valence-corrected chi connectivity index (χ3v) is 7.91. The first kappa shape index (κ1) is 21.7. The summed E-state index contributed by atoms with van der Waals surface area (Å²) in [5, 5.41) is 0. The lowest BCUT2D eigenvalue weighted by Gasteiger charge is -2.24. The molecule has 5 rings (SSSR count). The lowest BCUT2D eigenvalue weighted by atomic mass is 10.1. The van der Waals surface area contributed by atoms with Gasteiger partial charge in [-0.15, -0.1) is 0 Å². The number of amides is 1. The molecule has 0 aromatic heterocycles. The Bertz CT molecular complexity index is 1240. The van der Waals surface area contributed by atoms with Gasteiger partial charge >= 0.3 is 0 Å². The molecule has 1 aliphatic carbocycles. The zero-order valence-corrected chi connectivity index (χ0v) is 19.1. The van der Waals surface area contributed by atoms with Crippen LogP contribution in [0.3, 0.4) is 0 Å². The minimum atomic E-state index is -3.63. The van der Waals surface area contributed by atoms with E-state index < -0.39 is 10.0 Å². The van der Waals surface area contributed by atoms with Crippen molar-refractivity contribution in [3.05, 3.63) is 90.0 Å². The highest BCUT2D eigenvalue weighted by Gasteiger charge is 2.34. The zero-order chi connectivity index (χ0) is 22.8. The molecule has 3 aromatic carbocycles. The van der Waals surface area contributed by atoms with Gasteiger partial charge in [-0.05, 0) is 54.8 Å². The van der Waals surface area contributed by atoms with Crippen LogP contribution in [0.4, 0.5) is 5.69 Å². The van der Waals surface area contributed by atoms with Gasteiger partial charge in [0.05, 0.1) is 11.4 Å². The number of benzene rings is 3. The Labute approximate surface area is 194 Å². The van der Waals surface area contributed by atoms with Gasteiger partial charge in [-0.3, -0.25) is 4.79 Å². The number of hydrogen-bond acceptors (Lipinski definition) is 4. The fourth-order valence-corrected chi connectivity index (χ4v) is 5.53. The number of carbonyl (C=O) groups excluding carboxylic acids is 1. The third kappa shape index (κ3) is 4.65. The van der Waals surface area contributed by atoms with E-state index in [4.69, 9.17) is 4.74 Å². The van der Waals surface area contributed by atoms with Gasteiger partial charge < -0.3 is 9.64 Å². The molecule has 0 bridgehead atoms. The summed E-state index contributed by atoms with van der Waals surface area (Å²) in [4.78, 5) is 15.1. The SMILES string of the molecule is O=C(C1CC1)N(Cc1ccc2c(c1)CN(S(=O)(=O)c1ccccc1)CCO2)c1ccccc1. The summed E-state index contributed by atoms with van der Waals surface area (Å²) in [5.41, 5.74) is 2.61. The van der Waals surface area contributed by atoms with Crippen LogP contribution in [0.1, 0.15) is 24.0 Å². The Balaban J connectivity index is 1.42. The molecule has 170 valence electrons. The maximum absolute atomic E-state index is 13.2. The molecule has 0 radical (unpaired) electrons. The van der Waals surface area contributed by atoms with Crippen molar-refractivity contribution in [3.8, 4) is 5.75 Å². The van der Waals surface area contributed by atoms with E-state index in [1.807, 2.05) is 53.4 Å². The van der Waals surface area contributed by atoms with Crippen LogP contribution in [0.2, 0.25) is 0 Å². The van der Waals surface area contributed by atoms with Gasteiger partial charge in [-0.1, -0.05) is 42.5 Å². The van der Waals surface area contributed by atoms with Crippen molar-refractivity contribution in [3.63, 3.8) is 0 Å². The molecule has 3 aromatic rings. The van der Waals surface area contributed by atoms with Crippen LogP contribution in [0.15, 0.2) is 83.8 Å². The first-order valence-corrected chi connectivity index (χ1v) is 12.6. The normalized spacial score (nSPS) is 16.4. The molecule has 1 aliphatic heterocycles. The van der Waals surface area contributed by atoms with Gasteiger partial charge in [0.15, 0.2) is 0 Å². The molecule has 2 aliphatic rings. The molecule has 1 heterocycles. The van der Waals surface area contributed by atoms with E-state index in [-0.39, 0.29) is 36.4 Å². The van der Waals surface area contributed by atoms with Gasteiger partial charge in [0, 0.05) is 30.3 Å². The van der Waals surface area contributed by atoms with Crippen molar-refractivity contribution in [2.45, 2.75) is 30.8 Å². The Morgan fingerprint density at radius 3 is 2.36 bits per heavy atom. The minimum Gasteiger partial charge on any atom is -0.492 e. The minimum absolute atomic E-state index is 0.0980. The summed E-state index contributed by atoms with van der Waals surface area (Å²) in [6.45, 7) is 1.21. The van der Waals surface area contributed by atoms with Crippen molar-refractivity contribution in [1.82, 2.24) is 4.31 Å². The first-order valence-electron chi connectivity index (χ1n) is 11.2. The van der Waals surface area contributed by atoms with Crippen molar-refractivity contribution in [2.24, 2.45) is 5.92 Å². The van der Waals surface area contributed by atoms with Gasteiger partial charge in [0.1, 0.15) is 12.4 Å². The maximum atomic E-state index is 13.2. The molecule has 1 saturated carbocycles. The van der Waals surface area contributed by atoms with Gasteiger partial charge in [0.2, 0.25) is 15.9 Å². The molecule has 0 N–H and O–H groups in total. The number of para-hydroxylation sites is 1. The average molecular weight is 463 g/mol. The van der Waals surface area contributed by atoms with Crippen molar-refractivity contribution in [2.75, 3.05) is 18.1 Å². The Kier molecular flexibility index (Phi) is 5.91. The third-order valence-electron chi connectivity index (χ3n) is 6.05. The van der Waals surface area contributed by atoms with E-state index >= 15 is 0 Å². The molecule has 33 heavy (non-hydrogen) atoms. The summed E-state index contributed by atoms with van der Waals surface area (Å²) in [5.74, 6) is 0.922. The summed E-state index contributed by atoms with van der Waals surface area (Å²) in [7, 11) is -3.63. The lowest BCUT2D eigenvalue weighted by molar-refractivity contribution is -0.119. The number of hydrogen-bond donors (Lipinski definition) is 0. The monoisotopic (exact) mass is 462 g/mol. The largest absolute Gasteiger partial charge is 0.492 e. The number of nitrogens with zero attached hydrogens (tertiary/aromatic N) is 2. The molecule has 0 atom stereocenters. The van der Waals surface area contributed by atoms with E-state index in [0.717, 1.165) is 29.7 Å². The second kappa shape index (κ2) is 9.00. The highest BCUT2D eigenvalue weighted by molar-refractivity contribution is 7.89.